The van der Waals surface area contributed by atoms with Crippen LogP contribution in [0.15, 0.2) is 57.8 Å². The fraction of sp³-hybridized carbons (Fsp3) is 0.158. The molecule has 3 aromatic rings. The number of carbonyl (C=O) groups is 1. The van der Waals surface area contributed by atoms with Crippen LogP contribution in [0.4, 0.5) is 0 Å². The molecule has 0 fully saturated rings. The molecule has 0 unspecified atom stereocenters. The minimum atomic E-state index is -0.523. The molecular formula is C19H18N2O3. The summed E-state index contributed by atoms with van der Waals surface area (Å²) >= 11 is 0. The summed E-state index contributed by atoms with van der Waals surface area (Å²) in [5.41, 5.74) is 8.90. The second kappa shape index (κ2) is 6.20. The molecule has 5 heteroatoms. The lowest BCUT2D eigenvalue weighted by Gasteiger charge is -2.12. The smallest absolute Gasteiger partial charge is 0.407 e. The number of hydrogen-bond acceptors (Lipinski definition) is 3. The summed E-state index contributed by atoms with van der Waals surface area (Å²) in [5, 5.41) is 0. The third-order valence-electron chi connectivity index (χ3n) is 3.84. The van der Waals surface area contributed by atoms with E-state index in [1.54, 1.807) is 28.8 Å². The molecule has 2 aromatic carbocycles. The van der Waals surface area contributed by atoms with Crippen LogP contribution < -0.4 is 11.5 Å². The van der Waals surface area contributed by atoms with Crippen molar-refractivity contribution in [2.45, 2.75) is 19.8 Å². The molecule has 24 heavy (non-hydrogen) atoms. The summed E-state index contributed by atoms with van der Waals surface area (Å²) in [5.74, 6) is -0.699. The summed E-state index contributed by atoms with van der Waals surface area (Å²) < 4.78 is 6.92. The van der Waals surface area contributed by atoms with Crippen LogP contribution in [0, 0.1) is 0 Å². The highest BCUT2D eigenvalue weighted by Crippen LogP contribution is 2.26. The van der Waals surface area contributed by atoms with Crippen molar-refractivity contribution in [2.75, 3.05) is 0 Å². The first kappa shape index (κ1) is 15.8. The number of fused-ring (bicyclic) bond motifs is 1. The monoisotopic (exact) mass is 322 g/mol. The topological polar surface area (TPSA) is 78.2 Å². The van der Waals surface area contributed by atoms with Gasteiger partial charge in [-0.25, -0.2) is 9.36 Å². The Hall–Kier alpha value is -3.08. The quantitative estimate of drug-likeness (QED) is 0.749. The second-order valence-electron chi connectivity index (χ2n) is 5.88. The van der Waals surface area contributed by atoms with Crippen LogP contribution in [0.25, 0.3) is 22.9 Å². The first-order chi connectivity index (χ1) is 11.5. The van der Waals surface area contributed by atoms with E-state index in [0.717, 1.165) is 16.8 Å². The van der Waals surface area contributed by atoms with Gasteiger partial charge in [-0.3, -0.25) is 4.79 Å². The Labute approximate surface area is 139 Å². The predicted octanol–water partition coefficient (Wildman–Crippen LogP) is 3.21. The molecule has 1 heterocycles. The molecule has 2 N–H and O–H groups in total. The van der Waals surface area contributed by atoms with Crippen molar-refractivity contribution in [2.24, 2.45) is 5.73 Å². The fourth-order valence-electron chi connectivity index (χ4n) is 2.72. The van der Waals surface area contributed by atoms with Gasteiger partial charge in [0.25, 0.3) is 0 Å². The van der Waals surface area contributed by atoms with E-state index in [-0.39, 0.29) is 5.92 Å². The number of benzene rings is 2. The van der Waals surface area contributed by atoms with Crippen LogP contribution in [-0.2, 0) is 4.79 Å². The van der Waals surface area contributed by atoms with Crippen LogP contribution in [0.3, 0.4) is 0 Å². The number of aromatic nitrogens is 1. The number of carbonyl (C=O) groups excluding carboxylic acids is 1. The standard InChI is InChI=1S/C19H18N2O3/c1-12(2)14-5-3-4-6-15(14)21-16-11-13(8-10-18(20)22)7-9-17(16)24-19(21)23/h3-12H,1-2H3,(H2,20,22)/b10-8+. The van der Waals surface area contributed by atoms with Crippen molar-refractivity contribution in [3.05, 3.63) is 70.2 Å². The van der Waals surface area contributed by atoms with Crippen molar-refractivity contribution in [1.29, 1.82) is 0 Å². The number of nitrogens with zero attached hydrogens (tertiary/aromatic N) is 1. The largest absolute Gasteiger partial charge is 0.424 e. The SMILES string of the molecule is CC(C)c1ccccc1-n1c(=O)oc2ccc(/C=C/C(N)=O)cc21. The molecule has 0 radical (unpaired) electrons. The van der Waals surface area contributed by atoms with Crippen LogP contribution in [0.2, 0.25) is 0 Å². The summed E-state index contributed by atoms with van der Waals surface area (Å²) in [7, 11) is 0. The Bertz CT molecular complexity index is 993. The van der Waals surface area contributed by atoms with Gasteiger partial charge < -0.3 is 10.2 Å². The van der Waals surface area contributed by atoms with Crippen molar-refractivity contribution in [1.82, 2.24) is 4.57 Å². The third kappa shape index (κ3) is 2.88. The first-order valence-corrected chi connectivity index (χ1v) is 7.70. The number of hydrogen-bond donors (Lipinski definition) is 1. The van der Waals surface area contributed by atoms with E-state index in [9.17, 15) is 9.59 Å². The summed E-state index contributed by atoms with van der Waals surface area (Å²) in [6, 6.07) is 13.0. The zero-order valence-electron chi connectivity index (χ0n) is 13.5. The highest BCUT2D eigenvalue weighted by molar-refractivity contribution is 5.91. The lowest BCUT2D eigenvalue weighted by molar-refractivity contribution is -0.113. The molecule has 0 aliphatic rings. The molecule has 0 aliphatic carbocycles. The van der Waals surface area contributed by atoms with Crippen LogP contribution >= 0.6 is 0 Å². The maximum Gasteiger partial charge on any atom is 0.424 e. The average molecular weight is 322 g/mol. The van der Waals surface area contributed by atoms with E-state index in [1.165, 1.54) is 6.08 Å². The Morgan fingerprint density at radius 2 is 1.96 bits per heavy atom. The minimum absolute atomic E-state index is 0.260. The van der Waals surface area contributed by atoms with E-state index < -0.39 is 11.7 Å². The normalized spacial score (nSPS) is 11.6. The maximum absolute atomic E-state index is 12.4. The minimum Gasteiger partial charge on any atom is -0.407 e. The van der Waals surface area contributed by atoms with Crippen molar-refractivity contribution in [3.8, 4) is 5.69 Å². The number of rotatable bonds is 4. The van der Waals surface area contributed by atoms with E-state index in [4.69, 9.17) is 10.2 Å². The van der Waals surface area contributed by atoms with Gasteiger partial charge >= 0.3 is 5.76 Å². The Kier molecular flexibility index (Phi) is 4.08. The third-order valence-corrected chi connectivity index (χ3v) is 3.84. The zero-order valence-corrected chi connectivity index (χ0v) is 13.5. The van der Waals surface area contributed by atoms with Gasteiger partial charge in [0.1, 0.15) is 0 Å². The lowest BCUT2D eigenvalue weighted by atomic mass is 10.0. The highest BCUT2D eigenvalue weighted by Gasteiger charge is 2.15. The molecule has 3 rings (SSSR count). The number of oxazole rings is 1. The number of amides is 1. The van der Waals surface area contributed by atoms with E-state index in [2.05, 4.69) is 13.8 Å². The van der Waals surface area contributed by atoms with Gasteiger partial charge in [-0.05, 0) is 41.3 Å². The van der Waals surface area contributed by atoms with Gasteiger partial charge in [-0.2, -0.15) is 0 Å². The number of nitrogens with two attached hydrogens (primary N) is 1. The van der Waals surface area contributed by atoms with Crippen molar-refractivity contribution < 1.29 is 9.21 Å². The molecular weight excluding hydrogens is 304 g/mol. The second-order valence-corrected chi connectivity index (χ2v) is 5.88. The summed E-state index contributed by atoms with van der Waals surface area (Å²) in [6.07, 6.45) is 2.89. The summed E-state index contributed by atoms with van der Waals surface area (Å²) in [6.45, 7) is 4.15. The van der Waals surface area contributed by atoms with Gasteiger partial charge in [0, 0.05) is 6.08 Å². The van der Waals surface area contributed by atoms with Gasteiger partial charge in [0.2, 0.25) is 5.91 Å². The van der Waals surface area contributed by atoms with E-state index in [1.807, 2.05) is 24.3 Å². The highest BCUT2D eigenvalue weighted by atomic mass is 16.4. The Balaban J connectivity index is 2.25. The Morgan fingerprint density at radius 1 is 1.21 bits per heavy atom. The molecule has 1 aromatic heterocycles. The molecule has 0 aliphatic heterocycles. The first-order valence-electron chi connectivity index (χ1n) is 7.70. The van der Waals surface area contributed by atoms with Crippen molar-refractivity contribution in [3.63, 3.8) is 0 Å². The predicted molar refractivity (Wildman–Crippen MR) is 94.1 cm³/mol. The van der Waals surface area contributed by atoms with E-state index >= 15 is 0 Å². The summed E-state index contributed by atoms with van der Waals surface area (Å²) in [4.78, 5) is 23.3. The fourth-order valence-corrected chi connectivity index (χ4v) is 2.72. The molecule has 5 nitrogen and oxygen atoms in total. The number of para-hydroxylation sites is 1. The van der Waals surface area contributed by atoms with Crippen molar-refractivity contribution >= 4 is 23.1 Å². The van der Waals surface area contributed by atoms with Crippen LogP contribution in [0.1, 0.15) is 30.9 Å². The van der Waals surface area contributed by atoms with Gasteiger partial charge in [0.05, 0.1) is 11.2 Å². The maximum atomic E-state index is 12.4. The molecule has 0 spiro atoms. The number of primary amides is 1. The molecule has 0 atom stereocenters. The van der Waals surface area contributed by atoms with Gasteiger partial charge in [-0.15, -0.1) is 0 Å². The zero-order chi connectivity index (χ0) is 17.3. The molecule has 0 saturated carbocycles. The Morgan fingerprint density at radius 3 is 2.67 bits per heavy atom. The van der Waals surface area contributed by atoms with Gasteiger partial charge in [-0.1, -0.05) is 38.1 Å². The molecule has 122 valence electrons. The van der Waals surface area contributed by atoms with E-state index in [0.29, 0.717) is 11.1 Å². The molecule has 0 bridgehead atoms. The van der Waals surface area contributed by atoms with Crippen LogP contribution in [-0.4, -0.2) is 10.5 Å². The lowest BCUT2D eigenvalue weighted by Crippen LogP contribution is -2.14. The molecule has 1 amide bonds. The average Bonchev–Trinajstić information content (AvgIpc) is 2.87. The van der Waals surface area contributed by atoms with Gasteiger partial charge in [0.15, 0.2) is 5.58 Å². The molecule has 0 saturated heterocycles. The van der Waals surface area contributed by atoms with Crippen LogP contribution in [0.5, 0.6) is 0 Å².